The van der Waals surface area contributed by atoms with Crippen molar-refractivity contribution in [1.29, 1.82) is 0 Å². The molecule has 4 rings (SSSR count). The minimum atomic E-state index is -0.603. The first-order chi connectivity index (χ1) is 12.5. The molecule has 1 aliphatic rings. The van der Waals surface area contributed by atoms with Gasteiger partial charge in [0.25, 0.3) is 5.56 Å². The molecule has 6 nitrogen and oxygen atoms in total. The number of nitrogens with two attached hydrogens (primary N) is 1. The van der Waals surface area contributed by atoms with Crippen molar-refractivity contribution in [2.75, 3.05) is 0 Å². The van der Waals surface area contributed by atoms with Gasteiger partial charge in [0.15, 0.2) is 0 Å². The van der Waals surface area contributed by atoms with Crippen LogP contribution in [0.15, 0.2) is 33.9 Å². The fourth-order valence-electron chi connectivity index (χ4n) is 3.61. The minimum Gasteiger partial charge on any atom is -0.368 e. The molecule has 0 radical (unpaired) electrons. The van der Waals surface area contributed by atoms with Crippen LogP contribution in [0.5, 0.6) is 0 Å². The number of thiophene rings is 1. The van der Waals surface area contributed by atoms with Crippen molar-refractivity contribution in [3.63, 3.8) is 0 Å². The molecule has 1 amide bonds. The molecular weight excluding hydrogens is 350 g/mol. The number of benzene rings is 1. The first-order valence-corrected chi connectivity index (χ1v) is 9.50. The fourth-order valence-corrected chi connectivity index (χ4v) is 4.98. The molecule has 0 saturated carbocycles. The Morgan fingerprint density at radius 2 is 1.92 bits per heavy atom. The lowest BCUT2D eigenvalue weighted by Crippen LogP contribution is -2.40. The third-order valence-corrected chi connectivity index (χ3v) is 6.22. The van der Waals surface area contributed by atoms with Crippen LogP contribution >= 0.6 is 11.3 Å². The normalized spacial score (nSPS) is 13.3. The molecule has 2 N–H and O–H groups in total. The molecule has 26 heavy (non-hydrogen) atoms. The predicted octanol–water partition coefficient (Wildman–Crippen LogP) is 1.75. The molecule has 0 unspecified atom stereocenters. The highest BCUT2D eigenvalue weighted by atomic mass is 32.1. The number of nitrogens with zero attached hydrogens (tertiary/aromatic N) is 2. The Labute approximate surface area is 153 Å². The third-order valence-electron chi connectivity index (χ3n) is 4.90. The summed E-state index contributed by atoms with van der Waals surface area (Å²) in [5.41, 5.74) is 7.18. The van der Waals surface area contributed by atoms with E-state index in [0.717, 1.165) is 46.3 Å². The monoisotopic (exact) mass is 369 g/mol. The van der Waals surface area contributed by atoms with Crippen LogP contribution in [0.3, 0.4) is 0 Å². The highest BCUT2D eigenvalue weighted by Gasteiger charge is 2.25. The second-order valence-corrected chi connectivity index (χ2v) is 7.62. The van der Waals surface area contributed by atoms with Crippen molar-refractivity contribution in [2.45, 2.75) is 39.2 Å². The second-order valence-electron chi connectivity index (χ2n) is 6.53. The molecule has 3 aromatic rings. The van der Waals surface area contributed by atoms with Crippen LogP contribution in [0.2, 0.25) is 0 Å². The highest BCUT2D eigenvalue weighted by Crippen LogP contribution is 2.35. The van der Waals surface area contributed by atoms with Gasteiger partial charge in [0.2, 0.25) is 5.91 Å². The number of aryl methyl sites for hydroxylation is 3. The quantitative estimate of drug-likeness (QED) is 0.760. The van der Waals surface area contributed by atoms with Gasteiger partial charge in [-0.05, 0) is 48.9 Å². The number of carbonyl (C=O) groups is 1. The van der Waals surface area contributed by atoms with E-state index < -0.39 is 11.6 Å². The second kappa shape index (κ2) is 6.25. The molecule has 0 spiro atoms. The zero-order chi connectivity index (χ0) is 18.4. The minimum absolute atomic E-state index is 0.234. The van der Waals surface area contributed by atoms with Gasteiger partial charge in [0.05, 0.1) is 11.1 Å². The summed E-state index contributed by atoms with van der Waals surface area (Å²) in [4.78, 5) is 39.5. The van der Waals surface area contributed by atoms with Crippen LogP contribution < -0.4 is 17.0 Å². The Morgan fingerprint density at radius 3 is 2.58 bits per heavy atom. The van der Waals surface area contributed by atoms with Crippen molar-refractivity contribution >= 4 is 27.5 Å². The van der Waals surface area contributed by atoms with Crippen LogP contribution in [0.1, 0.15) is 29.3 Å². The Balaban J connectivity index is 2.07. The molecule has 0 saturated heterocycles. The fraction of sp³-hybridized carbons (Fsp3) is 0.316. The van der Waals surface area contributed by atoms with Gasteiger partial charge in [-0.1, -0.05) is 19.1 Å². The van der Waals surface area contributed by atoms with Gasteiger partial charge in [-0.25, -0.2) is 9.36 Å². The smallest absolute Gasteiger partial charge is 0.337 e. The average Bonchev–Trinajstić information content (AvgIpc) is 3.20. The van der Waals surface area contributed by atoms with Gasteiger partial charge in [0, 0.05) is 4.88 Å². The molecule has 0 atom stereocenters. The van der Waals surface area contributed by atoms with E-state index in [2.05, 4.69) is 0 Å². The van der Waals surface area contributed by atoms with E-state index in [0.29, 0.717) is 15.9 Å². The van der Waals surface area contributed by atoms with Gasteiger partial charge >= 0.3 is 5.69 Å². The van der Waals surface area contributed by atoms with Crippen LogP contribution in [-0.4, -0.2) is 15.0 Å². The largest absolute Gasteiger partial charge is 0.368 e. The van der Waals surface area contributed by atoms with E-state index in [1.807, 2.05) is 19.1 Å². The van der Waals surface area contributed by atoms with E-state index in [1.165, 1.54) is 15.9 Å². The van der Waals surface area contributed by atoms with Gasteiger partial charge in [-0.2, -0.15) is 0 Å². The summed E-state index contributed by atoms with van der Waals surface area (Å²) in [6.07, 6.45) is 3.62. The maximum absolute atomic E-state index is 13.2. The zero-order valence-electron chi connectivity index (χ0n) is 14.4. The lowest BCUT2D eigenvalue weighted by atomic mass is 10.1. The summed E-state index contributed by atoms with van der Waals surface area (Å²) < 4.78 is 2.51. The number of fused-ring (bicyclic) bond motifs is 3. The van der Waals surface area contributed by atoms with E-state index >= 15 is 0 Å². The van der Waals surface area contributed by atoms with E-state index in [9.17, 15) is 14.4 Å². The summed E-state index contributed by atoms with van der Waals surface area (Å²) in [7, 11) is 0. The highest BCUT2D eigenvalue weighted by molar-refractivity contribution is 7.19. The Bertz CT molecular complexity index is 1140. The maximum Gasteiger partial charge on any atom is 0.337 e. The number of carbonyl (C=O) groups excluding carboxylic acids is 1. The molecule has 7 heteroatoms. The molecular formula is C19H19N3O3S. The summed E-state index contributed by atoms with van der Waals surface area (Å²) in [5, 5.41) is 0.558. The maximum atomic E-state index is 13.2. The van der Waals surface area contributed by atoms with E-state index in [4.69, 9.17) is 5.73 Å². The van der Waals surface area contributed by atoms with Crippen molar-refractivity contribution < 1.29 is 4.79 Å². The van der Waals surface area contributed by atoms with Gasteiger partial charge in [-0.15, -0.1) is 11.3 Å². The Hall–Kier alpha value is -2.67. The molecule has 134 valence electrons. The summed E-state index contributed by atoms with van der Waals surface area (Å²) in [5.74, 6) is -0.603. The molecule has 1 aromatic carbocycles. The molecule has 0 bridgehead atoms. The molecule has 0 fully saturated rings. The SMILES string of the molecule is CCc1ccc(-n2c(=O)c3c4c(sc3n(CC(N)=O)c2=O)CCC4)cc1. The molecule has 2 heterocycles. The number of primary amides is 1. The standard InChI is InChI=1S/C19H19N3O3S/c1-2-11-6-8-12(9-7-11)22-17(24)16-13-4-3-5-14(13)26-18(16)21(19(22)25)10-15(20)23/h6-9H,2-5,10H2,1H3,(H2,20,23). The topological polar surface area (TPSA) is 87.1 Å². The number of rotatable bonds is 4. The van der Waals surface area contributed by atoms with Crippen molar-refractivity contribution in [2.24, 2.45) is 5.73 Å². The molecule has 1 aliphatic carbocycles. The zero-order valence-corrected chi connectivity index (χ0v) is 15.3. The van der Waals surface area contributed by atoms with Gasteiger partial charge < -0.3 is 5.73 Å². The van der Waals surface area contributed by atoms with Crippen molar-refractivity contribution in [1.82, 2.24) is 9.13 Å². The predicted molar refractivity (Wildman–Crippen MR) is 102 cm³/mol. The number of amides is 1. The number of hydrogen-bond donors (Lipinski definition) is 1. The van der Waals surface area contributed by atoms with Crippen LogP contribution in [-0.2, 0) is 30.6 Å². The lowest BCUT2D eigenvalue weighted by Gasteiger charge is -2.12. The van der Waals surface area contributed by atoms with Gasteiger partial charge in [-0.3, -0.25) is 14.2 Å². The van der Waals surface area contributed by atoms with Gasteiger partial charge in [0.1, 0.15) is 11.4 Å². The molecule has 0 aliphatic heterocycles. The van der Waals surface area contributed by atoms with E-state index in [-0.39, 0.29) is 12.1 Å². The summed E-state index contributed by atoms with van der Waals surface area (Å²) >= 11 is 1.44. The Morgan fingerprint density at radius 1 is 1.19 bits per heavy atom. The van der Waals surface area contributed by atoms with Crippen molar-refractivity contribution in [3.8, 4) is 5.69 Å². The Kier molecular flexibility index (Phi) is 4.03. The van der Waals surface area contributed by atoms with Crippen LogP contribution in [0.25, 0.3) is 15.9 Å². The first-order valence-electron chi connectivity index (χ1n) is 8.69. The van der Waals surface area contributed by atoms with Crippen LogP contribution in [0, 0.1) is 0 Å². The number of aromatic nitrogens is 2. The number of hydrogen-bond acceptors (Lipinski definition) is 4. The lowest BCUT2D eigenvalue weighted by molar-refractivity contribution is -0.118. The van der Waals surface area contributed by atoms with E-state index in [1.54, 1.807) is 12.1 Å². The first kappa shape index (κ1) is 16.8. The third kappa shape index (κ3) is 2.50. The average molecular weight is 369 g/mol. The summed E-state index contributed by atoms with van der Waals surface area (Å²) in [6, 6.07) is 7.35. The van der Waals surface area contributed by atoms with Crippen LogP contribution in [0.4, 0.5) is 0 Å². The van der Waals surface area contributed by atoms with Crippen molar-refractivity contribution in [3.05, 3.63) is 61.1 Å². The molecule has 2 aromatic heterocycles. The summed E-state index contributed by atoms with van der Waals surface area (Å²) in [6.45, 7) is 1.81.